The molecule has 0 N–H and O–H groups in total. The average molecular weight is 507 g/mol. The fraction of sp³-hybridized carbons (Fsp3) is 0.242. The van der Waals surface area contributed by atoms with Crippen LogP contribution in [-0.2, 0) is 4.79 Å². The molecule has 5 heteroatoms. The Hall–Kier alpha value is -4.25. The predicted molar refractivity (Wildman–Crippen MR) is 149 cm³/mol. The Balaban J connectivity index is 2.00. The Morgan fingerprint density at radius 2 is 0.974 bits per heavy atom. The van der Waals surface area contributed by atoms with Crippen molar-refractivity contribution >= 4 is 11.4 Å². The lowest BCUT2D eigenvalue weighted by Crippen LogP contribution is -2.28. The minimum absolute atomic E-state index is 0.0373. The standard InChI is InChI=1S/C33H30O5/c1-32(2,3)22-17-19(18-23(29(22)34)33(4,5)6)26(27-20-13-9-7-11-15-24(20)37-30(27)35)28-21-14-10-8-12-16-25(21)38-31(28)36/h7-18H,1-6H3. The van der Waals surface area contributed by atoms with Crippen LogP contribution in [0.5, 0.6) is 0 Å². The fourth-order valence-corrected chi connectivity index (χ4v) is 4.95. The Morgan fingerprint density at radius 1 is 0.579 bits per heavy atom. The molecule has 192 valence electrons. The van der Waals surface area contributed by atoms with Gasteiger partial charge in [0, 0.05) is 27.8 Å². The molecule has 5 nitrogen and oxygen atoms in total. The molecule has 0 aromatic rings. The van der Waals surface area contributed by atoms with Gasteiger partial charge in [-0.15, -0.1) is 0 Å². The van der Waals surface area contributed by atoms with Crippen LogP contribution in [-0.4, -0.2) is 5.78 Å². The summed E-state index contributed by atoms with van der Waals surface area (Å²) < 4.78 is 11.4. The van der Waals surface area contributed by atoms with Gasteiger partial charge in [-0.25, -0.2) is 9.59 Å². The lowest BCUT2D eigenvalue weighted by molar-refractivity contribution is -0.114. The second-order valence-electron chi connectivity index (χ2n) is 11.7. The summed E-state index contributed by atoms with van der Waals surface area (Å²) in [6.07, 6.45) is 3.63. The van der Waals surface area contributed by atoms with E-state index < -0.39 is 22.1 Å². The third kappa shape index (κ3) is 4.28. The van der Waals surface area contributed by atoms with Gasteiger partial charge in [-0.1, -0.05) is 90.1 Å². The number of carbonyl (C=O) groups is 1. The van der Waals surface area contributed by atoms with E-state index in [0.29, 0.717) is 44.9 Å². The van der Waals surface area contributed by atoms with E-state index in [2.05, 4.69) is 0 Å². The molecule has 2 aliphatic heterocycles. The molecule has 5 rings (SSSR count). The highest BCUT2D eigenvalue weighted by Crippen LogP contribution is 2.44. The number of allylic oxidation sites excluding steroid dienone is 5. The summed E-state index contributed by atoms with van der Waals surface area (Å²) >= 11 is 0. The molecule has 0 unspecified atom stereocenters. The molecule has 3 aliphatic carbocycles. The first-order valence-electron chi connectivity index (χ1n) is 12.7. The van der Waals surface area contributed by atoms with E-state index in [-0.39, 0.29) is 16.9 Å². The van der Waals surface area contributed by atoms with Gasteiger partial charge in [0.2, 0.25) is 0 Å². The van der Waals surface area contributed by atoms with Crippen molar-refractivity contribution in [3.63, 3.8) is 0 Å². The summed E-state index contributed by atoms with van der Waals surface area (Å²) in [5, 5.41) is 0. The van der Waals surface area contributed by atoms with Crippen molar-refractivity contribution in [3.8, 4) is 22.6 Å². The molecule has 5 aliphatic rings. The summed E-state index contributed by atoms with van der Waals surface area (Å²) in [6.45, 7) is 11.9. The maximum Gasteiger partial charge on any atom is 0.344 e. The monoisotopic (exact) mass is 506 g/mol. The van der Waals surface area contributed by atoms with E-state index in [1.54, 1.807) is 36.4 Å². The van der Waals surface area contributed by atoms with Crippen molar-refractivity contribution < 1.29 is 13.6 Å². The van der Waals surface area contributed by atoms with Crippen LogP contribution in [0.2, 0.25) is 0 Å². The number of hydrogen-bond donors (Lipinski definition) is 0. The van der Waals surface area contributed by atoms with Crippen molar-refractivity contribution in [1.29, 1.82) is 0 Å². The minimum Gasteiger partial charge on any atom is -0.422 e. The molecule has 0 amide bonds. The lowest BCUT2D eigenvalue weighted by Gasteiger charge is -2.32. The van der Waals surface area contributed by atoms with Gasteiger partial charge < -0.3 is 8.83 Å². The SMILES string of the molecule is CC(C)(C)C1=CC(=C(c2c3cccccc-3oc2=O)c2c3cccccc-3oc2=O)C=C(C(C)(C)C)C1=O. The van der Waals surface area contributed by atoms with Gasteiger partial charge in [0.1, 0.15) is 11.5 Å². The molecule has 38 heavy (non-hydrogen) atoms. The van der Waals surface area contributed by atoms with Crippen molar-refractivity contribution in [3.05, 3.63) is 122 Å². The largest absolute Gasteiger partial charge is 0.422 e. The number of Topliss-reactive ketones (excluding diaryl/α,β-unsaturated/α-hetero) is 1. The first-order valence-corrected chi connectivity index (χ1v) is 12.7. The second-order valence-corrected chi connectivity index (χ2v) is 11.7. The molecule has 0 atom stereocenters. The third-order valence-electron chi connectivity index (χ3n) is 6.84. The van der Waals surface area contributed by atoms with Crippen LogP contribution in [0.15, 0.2) is 108 Å². The van der Waals surface area contributed by atoms with E-state index in [1.807, 2.05) is 78.0 Å². The molecule has 2 heterocycles. The number of carbonyl (C=O) groups excluding carboxylic acids is 1. The Bertz CT molecular complexity index is 1600. The summed E-state index contributed by atoms with van der Waals surface area (Å²) in [5.74, 6) is 0.779. The number of ketones is 1. The molecule has 0 spiro atoms. The van der Waals surface area contributed by atoms with Crippen molar-refractivity contribution in [2.24, 2.45) is 10.8 Å². The number of fused-ring (bicyclic) bond motifs is 2. The molecule has 0 radical (unpaired) electrons. The lowest BCUT2D eigenvalue weighted by atomic mass is 9.71. The van der Waals surface area contributed by atoms with E-state index in [0.717, 1.165) is 0 Å². The average Bonchev–Trinajstić information content (AvgIpc) is 3.07. The smallest absolute Gasteiger partial charge is 0.344 e. The van der Waals surface area contributed by atoms with Crippen LogP contribution >= 0.6 is 0 Å². The quantitative estimate of drug-likeness (QED) is 0.289. The number of rotatable bonds is 2. The highest BCUT2D eigenvalue weighted by atomic mass is 16.4. The normalized spacial score (nSPS) is 14.6. The van der Waals surface area contributed by atoms with Gasteiger partial charge in [-0.05, 0) is 40.7 Å². The second kappa shape index (κ2) is 8.95. The summed E-state index contributed by atoms with van der Waals surface area (Å²) in [4.78, 5) is 40.7. The van der Waals surface area contributed by atoms with E-state index in [1.165, 1.54) is 0 Å². The van der Waals surface area contributed by atoms with Crippen molar-refractivity contribution in [1.82, 2.24) is 0 Å². The fourth-order valence-electron chi connectivity index (χ4n) is 4.95. The molecule has 0 aromatic heterocycles. The number of furan rings is 2. The first kappa shape index (κ1) is 25.4. The van der Waals surface area contributed by atoms with Crippen LogP contribution < -0.4 is 11.3 Å². The third-order valence-corrected chi connectivity index (χ3v) is 6.84. The Labute approximate surface area is 221 Å². The molecule has 0 aromatic carbocycles. The van der Waals surface area contributed by atoms with Crippen LogP contribution in [0, 0.1) is 10.8 Å². The maximum absolute atomic E-state index is 13.7. The van der Waals surface area contributed by atoms with Gasteiger partial charge in [-0.3, -0.25) is 4.79 Å². The van der Waals surface area contributed by atoms with Crippen molar-refractivity contribution in [2.75, 3.05) is 0 Å². The van der Waals surface area contributed by atoms with E-state index >= 15 is 0 Å². The zero-order valence-corrected chi connectivity index (χ0v) is 22.5. The zero-order chi connectivity index (χ0) is 27.4. The highest BCUT2D eigenvalue weighted by molar-refractivity contribution is 6.13. The first-order chi connectivity index (χ1) is 17.9. The predicted octanol–water partition coefficient (Wildman–Crippen LogP) is 7.13. The molecule has 0 fully saturated rings. The molecular formula is C33H30O5. The Kier molecular flexibility index (Phi) is 5.98. The van der Waals surface area contributed by atoms with Crippen LogP contribution in [0.3, 0.4) is 0 Å². The molecule has 0 saturated heterocycles. The summed E-state index contributed by atoms with van der Waals surface area (Å²) in [6, 6.07) is 18.0. The summed E-state index contributed by atoms with van der Waals surface area (Å²) in [5.41, 5.74) is 1.80. The van der Waals surface area contributed by atoms with Gasteiger partial charge in [0.15, 0.2) is 5.78 Å². The number of hydrogen-bond acceptors (Lipinski definition) is 5. The highest BCUT2D eigenvalue weighted by Gasteiger charge is 2.37. The zero-order valence-electron chi connectivity index (χ0n) is 22.5. The molecule has 0 saturated carbocycles. The molecule has 0 bridgehead atoms. The van der Waals surface area contributed by atoms with Gasteiger partial charge >= 0.3 is 11.3 Å². The van der Waals surface area contributed by atoms with E-state index in [9.17, 15) is 14.4 Å². The maximum atomic E-state index is 13.7. The van der Waals surface area contributed by atoms with Gasteiger partial charge in [0.25, 0.3) is 0 Å². The van der Waals surface area contributed by atoms with E-state index in [4.69, 9.17) is 8.83 Å². The molecular weight excluding hydrogens is 476 g/mol. The van der Waals surface area contributed by atoms with Crippen LogP contribution in [0.25, 0.3) is 28.2 Å². The van der Waals surface area contributed by atoms with Crippen LogP contribution in [0.4, 0.5) is 0 Å². The topological polar surface area (TPSA) is 77.5 Å². The van der Waals surface area contributed by atoms with Crippen LogP contribution in [0.1, 0.15) is 52.7 Å². The Morgan fingerprint density at radius 3 is 1.37 bits per heavy atom. The minimum atomic E-state index is -0.559. The van der Waals surface area contributed by atoms with Gasteiger partial charge in [-0.2, -0.15) is 0 Å². The summed E-state index contributed by atoms with van der Waals surface area (Å²) in [7, 11) is 0. The van der Waals surface area contributed by atoms with Crippen molar-refractivity contribution in [2.45, 2.75) is 41.5 Å². The van der Waals surface area contributed by atoms with Gasteiger partial charge in [0.05, 0.1) is 11.1 Å².